The second-order valence-electron chi connectivity index (χ2n) is 4.07. The predicted octanol–water partition coefficient (Wildman–Crippen LogP) is 0.800. The molecule has 17 heavy (non-hydrogen) atoms. The van der Waals surface area contributed by atoms with Crippen LogP contribution < -0.4 is 5.73 Å². The third-order valence-electron chi connectivity index (χ3n) is 2.37. The smallest absolute Gasteiger partial charge is 0.215 e. The van der Waals surface area contributed by atoms with Crippen molar-refractivity contribution in [3.05, 3.63) is 5.69 Å². The van der Waals surface area contributed by atoms with E-state index in [1.165, 1.54) is 11.8 Å². The highest BCUT2D eigenvalue weighted by atomic mass is 32.2. The number of nitrogens with two attached hydrogens (primary N) is 1. The van der Waals surface area contributed by atoms with Crippen LogP contribution in [0, 0.1) is 0 Å². The summed E-state index contributed by atoms with van der Waals surface area (Å²) in [5.74, 6) is 0.299. The van der Waals surface area contributed by atoms with Gasteiger partial charge in [-0.25, -0.2) is 4.68 Å². The summed E-state index contributed by atoms with van der Waals surface area (Å²) in [6.07, 6.45) is 0. The fourth-order valence-corrected chi connectivity index (χ4v) is 2.29. The Kier molecular flexibility index (Phi) is 3.05. The first-order valence-corrected chi connectivity index (χ1v) is 6.05. The molecule has 2 N–H and O–H groups in total. The van der Waals surface area contributed by atoms with Gasteiger partial charge in [0, 0.05) is 14.1 Å². The molecule has 92 valence electrons. The molecule has 0 aromatic carbocycles. The van der Waals surface area contributed by atoms with Crippen LogP contribution in [0.15, 0.2) is 10.2 Å². The minimum atomic E-state index is 0.299. The molecule has 0 saturated carbocycles. The zero-order valence-electron chi connectivity index (χ0n) is 10.2. The zero-order chi connectivity index (χ0) is 12.6. The van der Waals surface area contributed by atoms with Crippen LogP contribution >= 0.6 is 11.8 Å². The average Bonchev–Trinajstić information content (AvgIpc) is 2.77. The van der Waals surface area contributed by atoms with Gasteiger partial charge in [-0.15, -0.1) is 5.10 Å². The second kappa shape index (κ2) is 4.36. The van der Waals surface area contributed by atoms with E-state index in [2.05, 4.69) is 34.5 Å². The first-order chi connectivity index (χ1) is 8.00. The molecule has 2 heterocycles. The lowest BCUT2D eigenvalue weighted by molar-refractivity contribution is 0.654. The van der Waals surface area contributed by atoms with Crippen molar-refractivity contribution in [1.82, 2.24) is 30.0 Å². The molecule has 0 radical (unpaired) electrons. The molecule has 0 aliphatic heterocycles. The Morgan fingerprint density at radius 2 is 1.94 bits per heavy atom. The maximum Gasteiger partial charge on any atom is 0.215 e. The number of anilines is 1. The molecule has 0 amide bonds. The summed E-state index contributed by atoms with van der Waals surface area (Å²) in [5, 5.41) is 17.3. The fraction of sp³-hybridized carbons (Fsp3) is 0.556. The second-order valence-corrected chi connectivity index (χ2v) is 5.03. The van der Waals surface area contributed by atoms with Gasteiger partial charge in [0.15, 0.2) is 0 Å². The molecule has 2 aromatic heterocycles. The van der Waals surface area contributed by atoms with Crippen LogP contribution in [0.4, 0.5) is 5.69 Å². The highest BCUT2D eigenvalue weighted by Crippen LogP contribution is 2.34. The Morgan fingerprint density at radius 3 is 2.41 bits per heavy atom. The molecule has 0 aliphatic carbocycles. The van der Waals surface area contributed by atoms with Crippen molar-refractivity contribution in [3.8, 4) is 0 Å². The van der Waals surface area contributed by atoms with Crippen LogP contribution in [0.5, 0.6) is 0 Å². The van der Waals surface area contributed by atoms with Gasteiger partial charge in [0.1, 0.15) is 5.03 Å². The van der Waals surface area contributed by atoms with E-state index in [1.54, 1.807) is 16.4 Å². The number of rotatable bonds is 3. The Morgan fingerprint density at radius 1 is 1.24 bits per heavy atom. The number of tetrazole rings is 1. The maximum absolute atomic E-state index is 6.09. The number of nitrogens with zero attached hydrogens (tertiary/aromatic N) is 6. The summed E-state index contributed by atoms with van der Waals surface area (Å²) in [5.41, 5.74) is 7.70. The molecule has 0 fully saturated rings. The maximum atomic E-state index is 6.09. The zero-order valence-corrected chi connectivity index (χ0v) is 11.1. The van der Waals surface area contributed by atoms with E-state index in [0.717, 1.165) is 10.7 Å². The van der Waals surface area contributed by atoms with Gasteiger partial charge in [0.25, 0.3) is 0 Å². The summed E-state index contributed by atoms with van der Waals surface area (Å²) < 4.78 is 3.37. The predicted molar refractivity (Wildman–Crippen MR) is 64.6 cm³/mol. The van der Waals surface area contributed by atoms with Gasteiger partial charge in [0.05, 0.1) is 11.4 Å². The minimum Gasteiger partial charge on any atom is -0.395 e. The van der Waals surface area contributed by atoms with Gasteiger partial charge in [-0.3, -0.25) is 4.68 Å². The van der Waals surface area contributed by atoms with Crippen molar-refractivity contribution in [2.24, 2.45) is 14.1 Å². The average molecular weight is 253 g/mol. The topological polar surface area (TPSA) is 87.4 Å². The molecule has 0 spiro atoms. The summed E-state index contributed by atoms with van der Waals surface area (Å²) in [7, 11) is 3.66. The van der Waals surface area contributed by atoms with Crippen LogP contribution in [0.1, 0.15) is 25.5 Å². The van der Waals surface area contributed by atoms with Crippen LogP contribution in [0.25, 0.3) is 0 Å². The third-order valence-corrected chi connectivity index (χ3v) is 3.58. The molecule has 0 atom stereocenters. The molecule has 8 heteroatoms. The Hall–Kier alpha value is -1.57. The first kappa shape index (κ1) is 11.9. The molecule has 7 nitrogen and oxygen atoms in total. The standard InChI is InChI=1S/C9H15N7S/c1-5(2)7-6(10)8(15(3)12-7)17-9-11-13-14-16(9)4/h5H,10H2,1-4H3. The van der Waals surface area contributed by atoms with Crippen molar-refractivity contribution in [2.75, 3.05) is 5.73 Å². The van der Waals surface area contributed by atoms with E-state index >= 15 is 0 Å². The lowest BCUT2D eigenvalue weighted by Crippen LogP contribution is -1.97. The molecule has 0 bridgehead atoms. The van der Waals surface area contributed by atoms with E-state index in [1.807, 2.05) is 7.05 Å². The molecule has 2 aromatic rings. The minimum absolute atomic E-state index is 0.299. The van der Waals surface area contributed by atoms with Crippen LogP contribution in [-0.4, -0.2) is 30.0 Å². The largest absolute Gasteiger partial charge is 0.395 e. The van der Waals surface area contributed by atoms with Crippen molar-refractivity contribution in [1.29, 1.82) is 0 Å². The van der Waals surface area contributed by atoms with Crippen LogP contribution in [-0.2, 0) is 14.1 Å². The lowest BCUT2D eigenvalue weighted by Gasteiger charge is -2.02. The number of aromatic nitrogens is 6. The van der Waals surface area contributed by atoms with E-state index in [4.69, 9.17) is 5.73 Å². The molecular formula is C9H15N7S. The van der Waals surface area contributed by atoms with Gasteiger partial charge < -0.3 is 5.73 Å². The van der Waals surface area contributed by atoms with Crippen molar-refractivity contribution in [2.45, 2.75) is 29.9 Å². The highest BCUT2D eigenvalue weighted by Gasteiger charge is 2.18. The Labute approximate surface area is 103 Å². The van der Waals surface area contributed by atoms with Crippen molar-refractivity contribution in [3.63, 3.8) is 0 Å². The van der Waals surface area contributed by atoms with E-state index in [9.17, 15) is 0 Å². The summed E-state index contributed by atoms with van der Waals surface area (Å²) in [6, 6.07) is 0. The SMILES string of the molecule is CC(C)c1nn(C)c(Sc2nnnn2C)c1N. The van der Waals surface area contributed by atoms with Gasteiger partial charge in [-0.1, -0.05) is 13.8 Å². The van der Waals surface area contributed by atoms with E-state index < -0.39 is 0 Å². The normalized spacial score (nSPS) is 11.4. The van der Waals surface area contributed by atoms with Gasteiger partial charge >= 0.3 is 0 Å². The monoisotopic (exact) mass is 253 g/mol. The molecule has 0 unspecified atom stereocenters. The van der Waals surface area contributed by atoms with Crippen molar-refractivity contribution >= 4 is 17.4 Å². The molecule has 0 saturated heterocycles. The summed E-state index contributed by atoms with van der Waals surface area (Å²) in [4.78, 5) is 0. The molecule has 2 rings (SSSR count). The lowest BCUT2D eigenvalue weighted by atomic mass is 10.1. The summed E-state index contributed by atoms with van der Waals surface area (Å²) in [6.45, 7) is 4.13. The quantitative estimate of drug-likeness (QED) is 0.870. The number of aryl methyl sites for hydroxylation is 2. The fourth-order valence-electron chi connectivity index (χ4n) is 1.49. The van der Waals surface area contributed by atoms with Crippen molar-refractivity contribution < 1.29 is 0 Å². The van der Waals surface area contributed by atoms with E-state index in [0.29, 0.717) is 16.8 Å². The number of hydrogen-bond acceptors (Lipinski definition) is 6. The first-order valence-electron chi connectivity index (χ1n) is 5.23. The van der Waals surface area contributed by atoms with Gasteiger partial charge in [-0.05, 0) is 28.1 Å². The van der Waals surface area contributed by atoms with Crippen LogP contribution in [0.3, 0.4) is 0 Å². The van der Waals surface area contributed by atoms with Crippen LogP contribution in [0.2, 0.25) is 0 Å². The summed E-state index contributed by atoms with van der Waals surface area (Å²) >= 11 is 1.41. The highest BCUT2D eigenvalue weighted by molar-refractivity contribution is 7.99. The Bertz CT molecular complexity index is 527. The Balaban J connectivity index is 2.37. The number of hydrogen-bond donors (Lipinski definition) is 1. The molecule has 0 aliphatic rings. The van der Waals surface area contributed by atoms with Gasteiger partial charge in [0.2, 0.25) is 5.16 Å². The molecular weight excluding hydrogens is 238 g/mol. The number of nitrogen functional groups attached to an aromatic ring is 1. The van der Waals surface area contributed by atoms with E-state index in [-0.39, 0.29) is 0 Å². The third kappa shape index (κ3) is 2.12. The van der Waals surface area contributed by atoms with Gasteiger partial charge in [-0.2, -0.15) is 5.10 Å².